The third kappa shape index (κ3) is 1.48. The lowest BCUT2D eigenvalue weighted by molar-refractivity contribution is 0.0668. The lowest BCUT2D eigenvalue weighted by Crippen LogP contribution is -2.22. The van der Waals surface area contributed by atoms with E-state index in [1.807, 2.05) is 4.90 Å². The highest BCUT2D eigenvalue weighted by Crippen LogP contribution is 2.64. The van der Waals surface area contributed by atoms with Crippen LogP contribution in [0.15, 0.2) is 11.6 Å². The van der Waals surface area contributed by atoms with Gasteiger partial charge in [-0.2, -0.15) is 0 Å². The number of rotatable bonds is 2. The molecule has 1 saturated carbocycles. The molecule has 2 rings (SSSR count). The average molecular weight is 208 g/mol. The van der Waals surface area contributed by atoms with Gasteiger partial charge in [0.1, 0.15) is 0 Å². The van der Waals surface area contributed by atoms with E-state index in [0.717, 1.165) is 6.54 Å². The van der Waals surface area contributed by atoms with Gasteiger partial charge in [-0.15, -0.1) is 0 Å². The largest absolute Gasteiger partial charge is 0.299 e. The van der Waals surface area contributed by atoms with Crippen molar-refractivity contribution in [1.82, 2.24) is 4.90 Å². The van der Waals surface area contributed by atoms with Crippen molar-refractivity contribution in [2.75, 3.05) is 19.6 Å². The number of likely N-dealkylation sites (tertiary alicyclic amines) is 1. The fourth-order valence-electron chi connectivity index (χ4n) is 2.13. The summed E-state index contributed by atoms with van der Waals surface area (Å²) in [4.78, 5) is 2.03. The van der Waals surface area contributed by atoms with Crippen LogP contribution in [0.2, 0.25) is 0 Å². The first kappa shape index (κ1) is 9.41. The van der Waals surface area contributed by atoms with Crippen molar-refractivity contribution in [3.8, 4) is 0 Å². The van der Waals surface area contributed by atoms with Gasteiger partial charge in [-0.05, 0) is 13.0 Å². The topological polar surface area (TPSA) is 3.24 Å². The Labute approximate surface area is 81.4 Å². The molecule has 1 saturated heterocycles. The SMILES string of the molecule is FC1(F)CC12CCN(C/C=C/Cl)C2. The van der Waals surface area contributed by atoms with Gasteiger partial charge in [-0.1, -0.05) is 17.7 Å². The fraction of sp³-hybridized carbons (Fsp3) is 0.778. The molecule has 0 radical (unpaired) electrons. The van der Waals surface area contributed by atoms with E-state index < -0.39 is 11.3 Å². The van der Waals surface area contributed by atoms with Crippen LogP contribution < -0.4 is 0 Å². The van der Waals surface area contributed by atoms with E-state index >= 15 is 0 Å². The molecule has 1 aliphatic heterocycles. The van der Waals surface area contributed by atoms with Crippen LogP contribution in [0.4, 0.5) is 8.78 Å². The molecular formula is C9H12ClF2N. The molecule has 2 aliphatic rings. The average Bonchev–Trinajstić information content (AvgIpc) is 2.46. The zero-order chi connectivity index (χ0) is 9.53. The summed E-state index contributed by atoms with van der Waals surface area (Å²) in [5.74, 6) is -2.40. The Kier molecular flexibility index (Phi) is 2.11. The van der Waals surface area contributed by atoms with Crippen molar-refractivity contribution < 1.29 is 8.78 Å². The van der Waals surface area contributed by atoms with Gasteiger partial charge >= 0.3 is 0 Å². The van der Waals surface area contributed by atoms with E-state index in [0.29, 0.717) is 19.5 Å². The van der Waals surface area contributed by atoms with Crippen LogP contribution in [0.25, 0.3) is 0 Å². The Hall–Kier alpha value is -0.150. The van der Waals surface area contributed by atoms with E-state index in [1.54, 1.807) is 6.08 Å². The predicted octanol–water partition coefficient (Wildman–Crippen LogP) is 2.47. The summed E-state index contributed by atoms with van der Waals surface area (Å²) in [5.41, 5.74) is 0.767. The van der Waals surface area contributed by atoms with Crippen LogP contribution in [0.3, 0.4) is 0 Å². The molecule has 1 nitrogen and oxygen atoms in total. The van der Waals surface area contributed by atoms with E-state index in [4.69, 9.17) is 11.6 Å². The Morgan fingerprint density at radius 2 is 2.15 bits per heavy atom. The van der Waals surface area contributed by atoms with E-state index in [1.165, 1.54) is 5.54 Å². The predicted molar refractivity (Wildman–Crippen MR) is 48.0 cm³/mol. The van der Waals surface area contributed by atoms with Gasteiger partial charge in [0.2, 0.25) is 0 Å². The molecule has 1 heterocycles. The molecule has 0 aromatic heterocycles. The zero-order valence-electron chi connectivity index (χ0n) is 7.27. The first-order valence-corrected chi connectivity index (χ1v) is 4.89. The minimum absolute atomic E-state index is 0.0844. The van der Waals surface area contributed by atoms with Crippen molar-refractivity contribution in [3.63, 3.8) is 0 Å². The first-order chi connectivity index (χ1) is 6.10. The molecule has 0 aromatic rings. The van der Waals surface area contributed by atoms with Gasteiger partial charge in [-0.25, -0.2) is 8.78 Å². The molecule has 4 heteroatoms. The monoisotopic (exact) mass is 207 g/mol. The van der Waals surface area contributed by atoms with Crippen LogP contribution in [0.1, 0.15) is 12.8 Å². The quantitative estimate of drug-likeness (QED) is 0.673. The lowest BCUT2D eigenvalue weighted by Gasteiger charge is -2.12. The van der Waals surface area contributed by atoms with Gasteiger partial charge in [0.15, 0.2) is 0 Å². The summed E-state index contributed by atoms with van der Waals surface area (Å²) in [6, 6.07) is 0. The van der Waals surface area contributed by atoms with Crippen LogP contribution >= 0.6 is 11.6 Å². The van der Waals surface area contributed by atoms with Gasteiger partial charge in [0.05, 0.1) is 5.41 Å². The van der Waals surface area contributed by atoms with Crippen LogP contribution in [-0.4, -0.2) is 30.5 Å². The van der Waals surface area contributed by atoms with Gasteiger partial charge < -0.3 is 0 Å². The number of alkyl halides is 2. The minimum Gasteiger partial charge on any atom is -0.299 e. The van der Waals surface area contributed by atoms with Gasteiger partial charge in [0.25, 0.3) is 5.92 Å². The molecule has 1 aliphatic carbocycles. The smallest absolute Gasteiger partial charge is 0.255 e. The Bertz CT molecular complexity index is 242. The van der Waals surface area contributed by atoms with Crippen molar-refractivity contribution in [3.05, 3.63) is 11.6 Å². The number of halogens is 3. The molecule has 1 unspecified atom stereocenters. The highest BCUT2D eigenvalue weighted by atomic mass is 35.5. The summed E-state index contributed by atoms with van der Waals surface area (Å²) in [6.45, 7) is 2.00. The molecule has 0 bridgehead atoms. The Morgan fingerprint density at radius 3 is 2.62 bits per heavy atom. The maximum absolute atomic E-state index is 12.9. The molecule has 0 amide bonds. The number of nitrogens with zero attached hydrogens (tertiary/aromatic N) is 1. The lowest BCUT2D eigenvalue weighted by atomic mass is 10.1. The fourth-order valence-corrected chi connectivity index (χ4v) is 2.21. The second-order valence-corrected chi connectivity index (χ2v) is 4.26. The Balaban J connectivity index is 1.89. The molecule has 74 valence electrons. The molecule has 2 fully saturated rings. The van der Waals surface area contributed by atoms with E-state index in [9.17, 15) is 8.78 Å². The van der Waals surface area contributed by atoms with Crippen LogP contribution in [0, 0.1) is 5.41 Å². The highest BCUT2D eigenvalue weighted by Gasteiger charge is 2.72. The third-order valence-electron chi connectivity index (χ3n) is 3.10. The summed E-state index contributed by atoms with van der Waals surface area (Å²) in [5, 5.41) is 0. The molecule has 1 atom stereocenters. The van der Waals surface area contributed by atoms with Crippen LogP contribution in [-0.2, 0) is 0 Å². The van der Waals surface area contributed by atoms with E-state index in [-0.39, 0.29) is 6.42 Å². The maximum atomic E-state index is 12.9. The normalized spacial score (nSPS) is 37.8. The summed E-state index contributed by atoms with van der Waals surface area (Å²) >= 11 is 5.37. The molecule has 0 N–H and O–H groups in total. The summed E-state index contributed by atoms with van der Waals surface area (Å²) < 4.78 is 25.8. The molecule has 13 heavy (non-hydrogen) atoms. The van der Waals surface area contributed by atoms with Crippen molar-refractivity contribution >= 4 is 11.6 Å². The molecule has 1 spiro atoms. The maximum Gasteiger partial charge on any atom is 0.255 e. The zero-order valence-corrected chi connectivity index (χ0v) is 8.03. The van der Waals surface area contributed by atoms with Crippen molar-refractivity contribution in [2.45, 2.75) is 18.8 Å². The standard InChI is InChI=1S/C9H12ClF2N/c10-3-1-4-13-5-2-8(7-13)6-9(8,11)12/h1,3H,2,4-7H2/b3-1+. The van der Waals surface area contributed by atoms with Crippen LogP contribution in [0.5, 0.6) is 0 Å². The Morgan fingerprint density at radius 1 is 1.46 bits per heavy atom. The van der Waals surface area contributed by atoms with Gasteiger partial charge in [0, 0.05) is 25.0 Å². The van der Waals surface area contributed by atoms with Crippen molar-refractivity contribution in [1.29, 1.82) is 0 Å². The number of hydrogen-bond acceptors (Lipinski definition) is 1. The summed E-state index contributed by atoms with van der Waals surface area (Å²) in [6.07, 6.45) is 2.51. The second-order valence-electron chi connectivity index (χ2n) is 4.01. The summed E-state index contributed by atoms with van der Waals surface area (Å²) in [7, 11) is 0. The van der Waals surface area contributed by atoms with Crippen molar-refractivity contribution in [2.24, 2.45) is 5.41 Å². The second kappa shape index (κ2) is 2.92. The molecular weight excluding hydrogens is 196 g/mol. The number of hydrogen-bond donors (Lipinski definition) is 0. The van der Waals surface area contributed by atoms with E-state index in [2.05, 4.69) is 0 Å². The third-order valence-corrected chi connectivity index (χ3v) is 3.28. The molecule has 0 aromatic carbocycles. The van der Waals surface area contributed by atoms with Gasteiger partial charge in [-0.3, -0.25) is 4.90 Å². The highest BCUT2D eigenvalue weighted by molar-refractivity contribution is 6.25. The first-order valence-electron chi connectivity index (χ1n) is 4.45. The minimum atomic E-state index is -2.40.